The SMILES string of the molecule is CCOc1ccccc1NC(=O)C(C)N(C)Cc1ccc(Br)s1. The van der Waals surface area contributed by atoms with Crippen LogP contribution in [0, 0.1) is 0 Å². The van der Waals surface area contributed by atoms with E-state index in [1.807, 2.05) is 56.1 Å². The molecular weight excluding hydrogens is 376 g/mol. The number of likely N-dealkylation sites (N-methyl/N-ethyl adjacent to an activating group) is 1. The van der Waals surface area contributed by atoms with Crippen LogP contribution < -0.4 is 10.1 Å². The molecule has 124 valence electrons. The second kappa shape index (κ2) is 8.47. The van der Waals surface area contributed by atoms with E-state index in [0.29, 0.717) is 18.0 Å². The van der Waals surface area contributed by atoms with Gasteiger partial charge in [-0.2, -0.15) is 0 Å². The van der Waals surface area contributed by atoms with E-state index in [-0.39, 0.29) is 11.9 Å². The fourth-order valence-corrected chi connectivity index (χ4v) is 3.65. The third-order valence-corrected chi connectivity index (χ3v) is 5.13. The molecular formula is C17H21BrN2O2S. The van der Waals surface area contributed by atoms with Crippen LogP contribution >= 0.6 is 27.3 Å². The van der Waals surface area contributed by atoms with Crippen LogP contribution in [0.1, 0.15) is 18.7 Å². The Labute approximate surface area is 149 Å². The third kappa shape index (κ3) is 5.06. The first-order valence-electron chi connectivity index (χ1n) is 7.48. The van der Waals surface area contributed by atoms with Gasteiger partial charge in [-0.15, -0.1) is 11.3 Å². The van der Waals surface area contributed by atoms with Gasteiger partial charge in [0.05, 0.1) is 22.1 Å². The van der Waals surface area contributed by atoms with Crippen LogP contribution in [-0.2, 0) is 11.3 Å². The molecule has 1 atom stereocenters. The number of hydrogen-bond donors (Lipinski definition) is 1. The summed E-state index contributed by atoms with van der Waals surface area (Å²) in [5, 5.41) is 2.96. The van der Waals surface area contributed by atoms with Gasteiger partial charge in [0, 0.05) is 11.4 Å². The van der Waals surface area contributed by atoms with E-state index in [1.54, 1.807) is 11.3 Å². The van der Waals surface area contributed by atoms with Crippen LogP contribution in [0.2, 0.25) is 0 Å². The van der Waals surface area contributed by atoms with E-state index in [0.717, 1.165) is 10.3 Å². The molecule has 1 unspecified atom stereocenters. The molecule has 0 bridgehead atoms. The predicted octanol–water partition coefficient (Wildman–Crippen LogP) is 4.37. The maximum Gasteiger partial charge on any atom is 0.241 e. The van der Waals surface area contributed by atoms with Crippen LogP contribution in [0.25, 0.3) is 0 Å². The van der Waals surface area contributed by atoms with E-state index < -0.39 is 0 Å². The third-order valence-electron chi connectivity index (χ3n) is 3.52. The van der Waals surface area contributed by atoms with E-state index in [1.165, 1.54) is 4.88 Å². The minimum atomic E-state index is -0.245. The molecule has 2 aromatic rings. The number of hydrogen-bond acceptors (Lipinski definition) is 4. The fraction of sp³-hybridized carbons (Fsp3) is 0.353. The molecule has 4 nitrogen and oxygen atoms in total. The number of ether oxygens (including phenoxy) is 1. The van der Waals surface area contributed by atoms with Gasteiger partial charge in [0.1, 0.15) is 5.75 Å². The van der Waals surface area contributed by atoms with Crippen molar-refractivity contribution in [3.8, 4) is 5.75 Å². The first-order chi connectivity index (χ1) is 11.0. The molecule has 1 heterocycles. The van der Waals surface area contributed by atoms with Gasteiger partial charge in [-0.3, -0.25) is 9.69 Å². The number of benzene rings is 1. The molecule has 0 aliphatic rings. The second-order valence-corrected chi connectivity index (χ2v) is 7.76. The highest BCUT2D eigenvalue weighted by Crippen LogP contribution is 2.25. The highest BCUT2D eigenvalue weighted by Gasteiger charge is 2.19. The molecule has 0 radical (unpaired) electrons. The number of thiophene rings is 1. The lowest BCUT2D eigenvalue weighted by Gasteiger charge is -2.23. The van der Waals surface area contributed by atoms with Crippen LogP contribution in [-0.4, -0.2) is 30.5 Å². The summed E-state index contributed by atoms with van der Waals surface area (Å²) in [6.07, 6.45) is 0. The lowest BCUT2D eigenvalue weighted by molar-refractivity contribution is -0.120. The number of carbonyl (C=O) groups excluding carboxylic acids is 1. The second-order valence-electron chi connectivity index (χ2n) is 5.22. The smallest absolute Gasteiger partial charge is 0.241 e. The number of anilines is 1. The summed E-state index contributed by atoms with van der Waals surface area (Å²) in [5.74, 6) is 0.649. The van der Waals surface area contributed by atoms with Gasteiger partial charge in [0.2, 0.25) is 5.91 Å². The van der Waals surface area contributed by atoms with Gasteiger partial charge in [-0.05, 0) is 61.1 Å². The first-order valence-corrected chi connectivity index (χ1v) is 9.09. The fourth-order valence-electron chi connectivity index (χ4n) is 2.11. The van der Waals surface area contributed by atoms with Crippen LogP contribution in [0.3, 0.4) is 0 Å². The Morgan fingerprint density at radius 2 is 2.09 bits per heavy atom. The zero-order valence-corrected chi connectivity index (χ0v) is 15.9. The molecule has 23 heavy (non-hydrogen) atoms. The van der Waals surface area contributed by atoms with Crippen molar-refractivity contribution >= 4 is 38.9 Å². The number of para-hydroxylation sites is 2. The molecule has 6 heteroatoms. The van der Waals surface area contributed by atoms with Gasteiger partial charge >= 0.3 is 0 Å². The summed E-state index contributed by atoms with van der Waals surface area (Å²) in [6, 6.07) is 11.3. The molecule has 0 aliphatic carbocycles. The predicted molar refractivity (Wildman–Crippen MR) is 99.2 cm³/mol. The molecule has 0 spiro atoms. The zero-order chi connectivity index (χ0) is 16.8. The lowest BCUT2D eigenvalue weighted by Crippen LogP contribution is -2.39. The average Bonchev–Trinajstić information content (AvgIpc) is 2.93. The Kier molecular flexibility index (Phi) is 6.62. The largest absolute Gasteiger partial charge is 0.492 e. The van der Waals surface area contributed by atoms with Crippen LogP contribution in [0.5, 0.6) is 5.75 Å². The normalized spacial score (nSPS) is 12.2. The quantitative estimate of drug-likeness (QED) is 0.755. The summed E-state index contributed by atoms with van der Waals surface area (Å²) in [7, 11) is 1.95. The van der Waals surface area contributed by atoms with Crippen molar-refractivity contribution in [2.45, 2.75) is 26.4 Å². The van der Waals surface area contributed by atoms with E-state index in [9.17, 15) is 4.79 Å². The number of rotatable bonds is 7. The number of nitrogens with zero attached hydrogens (tertiary/aromatic N) is 1. The van der Waals surface area contributed by atoms with Crippen molar-refractivity contribution in [3.63, 3.8) is 0 Å². The summed E-state index contributed by atoms with van der Waals surface area (Å²) in [6.45, 7) is 5.13. The number of halogens is 1. The van der Waals surface area contributed by atoms with Crippen molar-refractivity contribution in [2.24, 2.45) is 0 Å². The Morgan fingerprint density at radius 1 is 1.35 bits per heavy atom. The molecule has 0 saturated heterocycles. The topological polar surface area (TPSA) is 41.6 Å². The summed E-state index contributed by atoms with van der Waals surface area (Å²) < 4.78 is 6.65. The molecule has 1 amide bonds. The van der Waals surface area contributed by atoms with Crippen molar-refractivity contribution < 1.29 is 9.53 Å². The van der Waals surface area contributed by atoms with Crippen molar-refractivity contribution in [2.75, 3.05) is 19.0 Å². The van der Waals surface area contributed by atoms with Crippen LogP contribution in [0.15, 0.2) is 40.2 Å². The molecule has 0 aliphatic heterocycles. The van der Waals surface area contributed by atoms with Gasteiger partial charge in [-0.25, -0.2) is 0 Å². The van der Waals surface area contributed by atoms with Crippen LogP contribution in [0.4, 0.5) is 5.69 Å². The lowest BCUT2D eigenvalue weighted by atomic mass is 10.2. The van der Waals surface area contributed by atoms with Gasteiger partial charge in [0.15, 0.2) is 0 Å². The van der Waals surface area contributed by atoms with Crippen molar-refractivity contribution in [1.82, 2.24) is 4.90 Å². The zero-order valence-electron chi connectivity index (χ0n) is 13.5. The van der Waals surface area contributed by atoms with Gasteiger partial charge in [0.25, 0.3) is 0 Å². The molecule has 2 rings (SSSR count). The minimum absolute atomic E-state index is 0.0460. The molecule has 1 aromatic carbocycles. The molecule has 0 fully saturated rings. The number of carbonyl (C=O) groups is 1. The monoisotopic (exact) mass is 396 g/mol. The van der Waals surface area contributed by atoms with Gasteiger partial charge < -0.3 is 10.1 Å². The van der Waals surface area contributed by atoms with E-state index >= 15 is 0 Å². The molecule has 1 N–H and O–H groups in total. The minimum Gasteiger partial charge on any atom is -0.492 e. The highest BCUT2D eigenvalue weighted by molar-refractivity contribution is 9.11. The Hall–Kier alpha value is -1.37. The van der Waals surface area contributed by atoms with Crippen molar-refractivity contribution in [3.05, 3.63) is 45.1 Å². The first kappa shape index (κ1) is 18.0. The maximum atomic E-state index is 12.5. The van der Waals surface area contributed by atoms with E-state index in [2.05, 4.69) is 27.3 Å². The Balaban J connectivity index is 1.99. The van der Waals surface area contributed by atoms with Gasteiger partial charge in [-0.1, -0.05) is 12.1 Å². The number of nitrogens with one attached hydrogen (secondary N) is 1. The number of amides is 1. The standard InChI is InChI=1S/C17H21BrN2O2S/c1-4-22-15-8-6-5-7-14(15)19-17(21)12(2)20(3)11-13-9-10-16(18)23-13/h5-10,12H,4,11H2,1-3H3,(H,19,21). The summed E-state index contributed by atoms with van der Waals surface area (Å²) in [5.41, 5.74) is 0.707. The Bertz CT molecular complexity index is 660. The Morgan fingerprint density at radius 3 is 2.74 bits per heavy atom. The average molecular weight is 397 g/mol. The molecule has 1 aromatic heterocycles. The highest BCUT2D eigenvalue weighted by atomic mass is 79.9. The maximum absolute atomic E-state index is 12.5. The van der Waals surface area contributed by atoms with Crippen molar-refractivity contribution in [1.29, 1.82) is 0 Å². The van der Waals surface area contributed by atoms with E-state index in [4.69, 9.17) is 4.74 Å². The summed E-state index contributed by atoms with van der Waals surface area (Å²) in [4.78, 5) is 15.7. The summed E-state index contributed by atoms with van der Waals surface area (Å²) >= 11 is 5.14. The molecule has 0 saturated carbocycles.